The van der Waals surface area contributed by atoms with Gasteiger partial charge in [0.1, 0.15) is 0 Å². The van der Waals surface area contributed by atoms with Crippen LogP contribution in [0.15, 0.2) is 0 Å². The molecule has 16 heavy (non-hydrogen) atoms. The molecule has 0 spiro atoms. The maximum absolute atomic E-state index is 10.8. The molecule has 1 saturated carbocycles. The third kappa shape index (κ3) is 4.97. The molecule has 0 heterocycles. The van der Waals surface area contributed by atoms with E-state index >= 15 is 0 Å². The number of aliphatic carboxylic acids is 1. The van der Waals surface area contributed by atoms with Crippen molar-refractivity contribution < 1.29 is 14.6 Å². The lowest BCUT2D eigenvalue weighted by atomic mass is 9.87. The molecule has 0 bridgehead atoms. The number of ether oxygens (including phenoxy) is 1. The van der Waals surface area contributed by atoms with Gasteiger partial charge in [-0.05, 0) is 32.1 Å². The minimum Gasteiger partial charge on any atom is -0.481 e. The van der Waals surface area contributed by atoms with Gasteiger partial charge in [0.15, 0.2) is 0 Å². The van der Waals surface area contributed by atoms with E-state index in [4.69, 9.17) is 9.84 Å². The van der Waals surface area contributed by atoms with Crippen molar-refractivity contribution in [2.75, 3.05) is 6.61 Å². The Kier molecular flexibility index (Phi) is 6.46. The molecule has 0 atom stereocenters. The fraction of sp³-hybridized carbons (Fsp3) is 0.923. The summed E-state index contributed by atoms with van der Waals surface area (Å²) in [5.74, 6) is -0.763. The quantitative estimate of drug-likeness (QED) is 0.680. The Balaban J connectivity index is 2.02. The van der Waals surface area contributed by atoms with Crippen LogP contribution >= 0.6 is 0 Å². The molecule has 94 valence electrons. The lowest BCUT2D eigenvalue weighted by Crippen LogP contribution is -2.26. The zero-order chi connectivity index (χ0) is 11.8. The number of hydrogen-bond donors (Lipinski definition) is 1. The van der Waals surface area contributed by atoms with Crippen LogP contribution in [0, 0.1) is 5.92 Å². The molecule has 1 aliphatic carbocycles. The fourth-order valence-corrected chi connectivity index (χ4v) is 2.26. The van der Waals surface area contributed by atoms with Gasteiger partial charge in [-0.2, -0.15) is 0 Å². The predicted molar refractivity (Wildman–Crippen MR) is 63.5 cm³/mol. The fourth-order valence-electron chi connectivity index (χ4n) is 2.26. The van der Waals surface area contributed by atoms with Crippen molar-refractivity contribution in [1.82, 2.24) is 0 Å². The van der Waals surface area contributed by atoms with Gasteiger partial charge >= 0.3 is 5.97 Å². The van der Waals surface area contributed by atoms with Crippen LogP contribution in [-0.4, -0.2) is 23.8 Å². The van der Waals surface area contributed by atoms with E-state index < -0.39 is 5.97 Å². The molecule has 0 unspecified atom stereocenters. The van der Waals surface area contributed by atoms with Crippen LogP contribution in [0.2, 0.25) is 0 Å². The lowest BCUT2D eigenvalue weighted by molar-refractivity contribution is -0.143. The van der Waals surface area contributed by atoms with Crippen molar-refractivity contribution in [3.8, 4) is 0 Å². The summed E-state index contributed by atoms with van der Waals surface area (Å²) >= 11 is 0. The number of hydrogen-bond acceptors (Lipinski definition) is 2. The van der Waals surface area contributed by atoms with Crippen LogP contribution in [0.1, 0.15) is 58.3 Å². The maximum atomic E-state index is 10.8. The van der Waals surface area contributed by atoms with Gasteiger partial charge in [0.25, 0.3) is 0 Å². The molecular weight excluding hydrogens is 204 g/mol. The summed E-state index contributed by atoms with van der Waals surface area (Å²) < 4.78 is 5.76. The summed E-state index contributed by atoms with van der Waals surface area (Å²) in [7, 11) is 0. The van der Waals surface area contributed by atoms with Crippen molar-refractivity contribution in [1.29, 1.82) is 0 Å². The van der Waals surface area contributed by atoms with Crippen molar-refractivity contribution in [2.24, 2.45) is 5.92 Å². The highest BCUT2D eigenvalue weighted by molar-refractivity contribution is 5.69. The first kappa shape index (κ1) is 13.5. The summed E-state index contributed by atoms with van der Waals surface area (Å²) in [4.78, 5) is 10.8. The highest BCUT2D eigenvalue weighted by Crippen LogP contribution is 2.26. The van der Waals surface area contributed by atoms with Crippen LogP contribution in [0.5, 0.6) is 0 Å². The Morgan fingerprint density at radius 2 is 1.88 bits per heavy atom. The third-order valence-electron chi connectivity index (χ3n) is 3.37. The second-order valence-corrected chi connectivity index (χ2v) is 4.74. The molecule has 3 nitrogen and oxygen atoms in total. The number of unbranched alkanes of at least 4 members (excludes halogenated alkanes) is 3. The van der Waals surface area contributed by atoms with Crippen molar-refractivity contribution in [3.63, 3.8) is 0 Å². The smallest absolute Gasteiger partial charge is 0.306 e. The predicted octanol–water partition coefficient (Wildman–Crippen LogP) is 3.23. The van der Waals surface area contributed by atoms with Crippen LogP contribution in [-0.2, 0) is 9.53 Å². The van der Waals surface area contributed by atoms with E-state index in [2.05, 4.69) is 6.92 Å². The third-order valence-corrected chi connectivity index (χ3v) is 3.37. The van der Waals surface area contributed by atoms with Crippen LogP contribution in [0.4, 0.5) is 0 Å². The molecule has 0 aromatic heterocycles. The van der Waals surface area contributed by atoms with Crippen molar-refractivity contribution >= 4 is 5.97 Å². The molecule has 0 aromatic carbocycles. The number of carbonyl (C=O) groups is 1. The Hall–Kier alpha value is -0.570. The minimum absolute atomic E-state index is 0.125. The lowest BCUT2D eigenvalue weighted by Gasteiger charge is -2.26. The molecule has 1 fully saturated rings. The van der Waals surface area contributed by atoms with E-state index in [1.54, 1.807) is 0 Å². The highest BCUT2D eigenvalue weighted by Gasteiger charge is 2.25. The van der Waals surface area contributed by atoms with Crippen LogP contribution < -0.4 is 0 Å². The normalized spacial score (nSPS) is 25.6. The number of rotatable bonds is 7. The van der Waals surface area contributed by atoms with E-state index in [0.29, 0.717) is 6.10 Å². The molecule has 0 radical (unpaired) electrons. The van der Waals surface area contributed by atoms with Gasteiger partial charge in [-0.15, -0.1) is 0 Å². The molecule has 0 aliphatic heterocycles. The minimum atomic E-state index is -0.638. The summed E-state index contributed by atoms with van der Waals surface area (Å²) in [5, 5.41) is 8.86. The van der Waals surface area contributed by atoms with E-state index in [1.807, 2.05) is 0 Å². The van der Waals surface area contributed by atoms with E-state index in [9.17, 15) is 4.79 Å². The van der Waals surface area contributed by atoms with E-state index in [-0.39, 0.29) is 5.92 Å². The summed E-state index contributed by atoms with van der Waals surface area (Å²) in [5.41, 5.74) is 0. The Bertz CT molecular complexity index is 195. The average Bonchev–Trinajstić information content (AvgIpc) is 2.29. The molecule has 0 amide bonds. The van der Waals surface area contributed by atoms with Gasteiger partial charge in [0.05, 0.1) is 12.0 Å². The standard InChI is InChI=1S/C13H24O3/c1-2-3-4-5-10-16-12-8-6-11(7-9-12)13(14)15/h11-12H,2-10H2,1H3,(H,14,15). The number of carboxylic acids is 1. The molecular formula is C13H24O3. The summed E-state index contributed by atoms with van der Waals surface area (Å²) in [6, 6.07) is 0. The maximum Gasteiger partial charge on any atom is 0.306 e. The summed E-state index contributed by atoms with van der Waals surface area (Å²) in [6.45, 7) is 3.05. The monoisotopic (exact) mass is 228 g/mol. The van der Waals surface area contributed by atoms with Gasteiger partial charge in [0, 0.05) is 6.61 Å². The zero-order valence-corrected chi connectivity index (χ0v) is 10.3. The Labute approximate surface area is 98.2 Å². The molecule has 1 aliphatic rings. The first-order chi connectivity index (χ1) is 7.74. The van der Waals surface area contributed by atoms with E-state index in [1.165, 1.54) is 19.3 Å². The molecule has 1 rings (SSSR count). The largest absolute Gasteiger partial charge is 0.481 e. The molecule has 0 saturated heterocycles. The van der Waals surface area contributed by atoms with Gasteiger partial charge < -0.3 is 9.84 Å². The van der Waals surface area contributed by atoms with Gasteiger partial charge in [-0.25, -0.2) is 0 Å². The van der Waals surface area contributed by atoms with Gasteiger partial charge in [-0.3, -0.25) is 4.79 Å². The summed E-state index contributed by atoms with van der Waals surface area (Å²) in [6.07, 6.45) is 8.67. The zero-order valence-electron chi connectivity index (χ0n) is 10.3. The van der Waals surface area contributed by atoms with Crippen LogP contribution in [0.3, 0.4) is 0 Å². The van der Waals surface area contributed by atoms with Gasteiger partial charge in [0.2, 0.25) is 0 Å². The first-order valence-corrected chi connectivity index (χ1v) is 6.58. The SMILES string of the molecule is CCCCCCOC1CCC(C(=O)O)CC1. The topological polar surface area (TPSA) is 46.5 Å². The first-order valence-electron chi connectivity index (χ1n) is 6.58. The van der Waals surface area contributed by atoms with Crippen LogP contribution in [0.25, 0.3) is 0 Å². The molecule has 1 N–H and O–H groups in total. The van der Waals surface area contributed by atoms with Gasteiger partial charge in [-0.1, -0.05) is 26.2 Å². The van der Waals surface area contributed by atoms with Crippen molar-refractivity contribution in [3.05, 3.63) is 0 Å². The highest BCUT2D eigenvalue weighted by atomic mass is 16.5. The Morgan fingerprint density at radius 3 is 2.44 bits per heavy atom. The molecule has 3 heteroatoms. The second-order valence-electron chi connectivity index (χ2n) is 4.74. The number of carboxylic acid groups (broad SMARTS) is 1. The Morgan fingerprint density at radius 1 is 1.19 bits per heavy atom. The molecule has 0 aromatic rings. The van der Waals surface area contributed by atoms with E-state index in [0.717, 1.165) is 38.7 Å². The second kappa shape index (κ2) is 7.66. The average molecular weight is 228 g/mol. The van der Waals surface area contributed by atoms with Crippen molar-refractivity contribution in [2.45, 2.75) is 64.4 Å².